The van der Waals surface area contributed by atoms with Crippen LogP contribution in [0, 0.1) is 0 Å². The monoisotopic (exact) mass is 349 g/mol. The van der Waals surface area contributed by atoms with Crippen LogP contribution >= 0.6 is 11.6 Å². The summed E-state index contributed by atoms with van der Waals surface area (Å²) in [5.41, 5.74) is 1.69. The maximum absolute atomic E-state index is 12.1. The zero-order valence-electron chi connectivity index (χ0n) is 12.3. The zero-order valence-corrected chi connectivity index (χ0v) is 13.9. The van der Waals surface area contributed by atoms with Gasteiger partial charge in [-0.2, -0.15) is 8.42 Å². The van der Waals surface area contributed by atoms with E-state index in [4.69, 9.17) is 11.6 Å². The molecule has 120 valence electrons. The fraction of sp³-hybridized carbons (Fsp3) is 0.188. The van der Waals surface area contributed by atoms with Gasteiger partial charge < -0.3 is 10.6 Å². The number of benzene rings is 2. The number of fused-ring (bicyclic) bond motifs is 1. The summed E-state index contributed by atoms with van der Waals surface area (Å²) in [6.45, 7) is 0.617. The Balaban J connectivity index is 1.62. The molecule has 2 aromatic carbocycles. The Bertz CT molecular complexity index is 836. The van der Waals surface area contributed by atoms with Gasteiger partial charge >= 0.3 is 0 Å². The van der Waals surface area contributed by atoms with Crippen LogP contribution in [0.15, 0.2) is 57.8 Å². The summed E-state index contributed by atoms with van der Waals surface area (Å²) >= 11 is 5.92. The van der Waals surface area contributed by atoms with Crippen LogP contribution in [0.3, 0.4) is 0 Å². The summed E-state index contributed by atoms with van der Waals surface area (Å²) in [4.78, 5) is 0.136. The number of nitrogens with zero attached hydrogens (tertiary/aromatic N) is 1. The highest BCUT2D eigenvalue weighted by molar-refractivity contribution is 7.90. The average Bonchev–Trinajstić information content (AvgIpc) is 2.51. The van der Waals surface area contributed by atoms with Crippen molar-refractivity contribution < 1.29 is 8.42 Å². The largest absolute Gasteiger partial charge is 0.355 e. The van der Waals surface area contributed by atoms with Crippen molar-refractivity contribution in [3.8, 4) is 0 Å². The van der Waals surface area contributed by atoms with Gasteiger partial charge in [-0.3, -0.25) is 0 Å². The van der Waals surface area contributed by atoms with Gasteiger partial charge in [0.2, 0.25) is 5.96 Å². The van der Waals surface area contributed by atoms with Crippen molar-refractivity contribution in [2.24, 2.45) is 4.40 Å². The van der Waals surface area contributed by atoms with Gasteiger partial charge in [-0.25, -0.2) is 0 Å². The summed E-state index contributed by atoms with van der Waals surface area (Å²) in [6.07, 6.45) is 1.78. The smallest absolute Gasteiger partial charge is 0.287 e. The lowest BCUT2D eigenvalue weighted by Gasteiger charge is -2.19. The Kier molecular flexibility index (Phi) is 4.54. The fourth-order valence-corrected chi connectivity index (χ4v) is 3.61. The average molecular weight is 350 g/mol. The highest BCUT2D eigenvalue weighted by atomic mass is 35.5. The van der Waals surface area contributed by atoms with Crippen molar-refractivity contribution in [1.29, 1.82) is 0 Å². The molecular weight excluding hydrogens is 334 g/mol. The van der Waals surface area contributed by atoms with E-state index in [1.165, 1.54) is 17.7 Å². The van der Waals surface area contributed by atoms with Gasteiger partial charge in [-0.1, -0.05) is 41.9 Å². The van der Waals surface area contributed by atoms with E-state index in [-0.39, 0.29) is 10.9 Å². The first kappa shape index (κ1) is 15.8. The molecular formula is C16H16ClN3O2S. The topological polar surface area (TPSA) is 70.6 Å². The van der Waals surface area contributed by atoms with E-state index in [0.29, 0.717) is 17.3 Å². The van der Waals surface area contributed by atoms with Gasteiger partial charge in [0.1, 0.15) is 4.90 Å². The molecule has 2 aromatic rings. The summed E-state index contributed by atoms with van der Waals surface area (Å²) < 4.78 is 28.0. The van der Waals surface area contributed by atoms with Gasteiger partial charge in [0.05, 0.1) is 5.69 Å². The predicted octanol–water partition coefficient (Wildman–Crippen LogP) is 3.03. The van der Waals surface area contributed by atoms with Gasteiger partial charge in [-0.05, 0) is 36.6 Å². The summed E-state index contributed by atoms with van der Waals surface area (Å²) in [6, 6.07) is 14.7. The highest BCUT2D eigenvalue weighted by Gasteiger charge is 2.24. The minimum Gasteiger partial charge on any atom is -0.355 e. The van der Waals surface area contributed by atoms with Gasteiger partial charge in [0, 0.05) is 11.6 Å². The van der Waals surface area contributed by atoms with Crippen LogP contribution in [-0.4, -0.2) is 20.9 Å². The number of aryl methyl sites for hydroxylation is 1. The third-order valence-corrected chi connectivity index (χ3v) is 5.03. The molecule has 1 aliphatic rings. The third-order valence-electron chi connectivity index (χ3n) is 3.46. The quantitative estimate of drug-likeness (QED) is 0.832. The van der Waals surface area contributed by atoms with Crippen LogP contribution in [0.1, 0.15) is 12.0 Å². The number of rotatable bonds is 4. The summed E-state index contributed by atoms with van der Waals surface area (Å²) in [7, 11) is -3.69. The molecule has 3 rings (SSSR count). The first-order valence-electron chi connectivity index (χ1n) is 7.24. The van der Waals surface area contributed by atoms with Crippen molar-refractivity contribution in [2.45, 2.75) is 17.7 Å². The van der Waals surface area contributed by atoms with Crippen molar-refractivity contribution in [2.75, 3.05) is 11.9 Å². The summed E-state index contributed by atoms with van der Waals surface area (Å²) in [5.74, 6) is 0.229. The first-order valence-corrected chi connectivity index (χ1v) is 9.06. The second kappa shape index (κ2) is 6.60. The Morgan fingerprint density at radius 1 is 1.13 bits per heavy atom. The minimum atomic E-state index is -3.69. The Labute approximate surface area is 140 Å². The van der Waals surface area contributed by atoms with Gasteiger partial charge in [-0.15, -0.1) is 4.40 Å². The van der Waals surface area contributed by atoms with Gasteiger partial charge in [0.15, 0.2) is 0 Å². The van der Waals surface area contributed by atoms with E-state index >= 15 is 0 Å². The summed E-state index contributed by atoms with van der Waals surface area (Å²) in [5, 5.41) is 6.46. The number of nitrogens with one attached hydrogen (secondary N) is 2. The maximum atomic E-state index is 12.1. The number of sulfonamides is 1. The van der Waals surface area contributed by atoms with Crippen LogP contribution < -0.4 is 10.6 Å². The molecule has 0 amide bonds. The molecule has 0 saturated heterocycles. The second-order valence-electron chi connectivity index (χ2n) is 5.20. The molecule has 7 heteroatoms. The molecule has 0 spiro atoms. The highest BCUT2D eigenvalue weighted by Crippen LogP contribution is 2.29. The molecule has 0 aromatic heterocycles. The van der Waals surface area contributed by atoms with E-state index in [9.17, 15) is 8.42 Å². The van der Waals surface area contributed by atoms with Crippen molar-refractivity contribution in [3.05, 3.63) is 59.1 Å². The lowest BCUT2D eigenvalue weighted by atomic mass is 10.1. The van der Waals surface area contributed by atoms with Crippen molar-refractivity contribution in [3.63, 3.8) is 0 Å². The molecule has 23 heavy (non-hydrogen) atoms. The minimum absolute atomic E-state index is 0.136. The molecule has 0 radical (unpaired) electrons. The molecule has 0 saturated carbocycles. The number of hydrogen-bond acceptors (Lipinski definition) is 4. The third kappa shape index (κ3) is 3.83. The lowest BCUT2D eigenvalue weighted by Crippen LogP contribution is -2.35. The van der Waals surface area contributed by atoms with Crippen LogP contribution in [0.5, 0.6) is 0 Å². The molecule has 0 bridgehead atoms. The molecule has 0 unspecified atom stereocenters. The molecule has 1 aliphatic heterocycles. The zero-order chi connectivity index (χ0) is 16.3. The standard InChI is InChI=1S/C16H16ClN3O2S/c17-13-8-9-15-14(11-13)19-16(20-23(15,21)22)18-10-4-7-12-5-2-1-3-6-12/h1-3,5-6,8-9,11H,4,7,10H2,(H2,18,19,20). The first-order chi connectivity index (χ1) is 11.0. The molecule has 1 heterocycles. The maximum Gasteiger partial charge on any atom is 0.287 e. The SMILES string of the molecule is O=S1(=O)N=C(NCCCc2ccccc2)Nc2cc(Cl)ccc21. The Morgan fingerprint density at radius 2 is 1.91 bits per heavy atom. The van der Waals surface area contributed by atoms with Crippen LogP contribution in [0.4, 0.5) is 5.69 Å². The van der Waals surface area contributed by atoms with Crippen LogP contribution in [0.2, 0.25) is 5.02 Å². The molecule has 2 N–H and O–H groups in total. The normalized spacial score (nSPS) is 15.3. The van der Waals surface area contributed by atoms with Crippen LogP contribution in [-0.2, 0) is 16.4 Å². The number of guanidine groups is 1. The van der Waals surface area contributed by atoms with E-state index in [1.807, 2.05) is 18.2 Å². The van der Waals surface area contributed by atoms with Crippen molar-refractivity contribution in [1.82, 2.24) is 5.32 Å². The molecule has 0 aliphatic carbocycles. The van der Waals surface area contributed by atoms with E-state index in [0.717, 1.165) is 12.8 Å². The Morgan fingerprint density at radius 3 is 2.70 bits per heavy atom. The number of halogens is 1. The predicted molar refractivity (Wildman–Crippen MR) is 92.5 cm³/mol. The number of hydrogen-bond donors (Lipinski definition) is 2. The molecule has 0 fully saturated rings. The fourth-order valence-electron chi connectivity index (χ4n) is 2.37. The van der Waals surface area contributed by atoms with Crippen molar-refractivity contribution >= 4 is 33.3 Å². The lowest BCUT2D eigenvalue weighted by molar-refractivity contribution is 0.597. The van der Waals surface area contributed by atoms with E-state index < -0.39 is 10.0 Å². The number of anilines is 1. The Hall–Kier alpha value is -2.05. The molecule has 5 nitrogen and oxygen atoms in total. The van der Waals surface area contributed by atoms with Gasteiger partial charge in [0.25, 0.3) is 10.0 Å². The molecule has 0 atom stereocenters. The van der Waals surface area contributed by atoms with Crippen LogP contribution in [0.25, 0.3) is 0 Å². The van der Waals surface area contributed by atoms with E-state index in [2.05, 4.69) is 27.2 Å². The second-order valence-corrected chi connectivity index (χ2v) is 7.21. The van der Waals surface area contributed by atoms with E-state index in [1.54, 1.807) is 6.07 Å².